The standard InChI is InChI=1S/C25H28N2O/c1-2-27-19-23(22-10-6-7-11-24(22)27)25(28)13-12-20-14-16-26(17-15-20)18-21-8-4-3-5-9-21/h3-13,19-20H,2,14-18H2,1H3. The van der Waals surface area contributed by atoms with Crippen LogP contribution in [0.4, 0.5) is 0 Å². The van der Waals surface area contributed by atoms with Gasteiger partial charge in [-0.2, -0.15) is 0 Å². The Morgan fingerprint density at radius 2 is 1.75 bits per heavy atom. The molecular formula is C25H28N2O. The number of piperidine rings is 1. The van der Waals surface area contributed by atoms with E-state index in [9.17, 15) is 4.79 Å². The highest BCUT2D eigenvalue weighted by Crippen LogP contribution is 2.24. The number of carbonyl (C=O) groups excluding carboxylic acids is 1. The number of aromatic nitrogens is 1. The van der Waals surface area contributed by atoms with Crippen molar-refractivity contribution in [3.8, 4) is 0 Å². The van der Waals surface area contributed by atoms with Gasteiger partial charge >= 0.3 is 0 Å². The number of carbonyl (C=O) groups is 1. The molecule has 0 bridgehead atoms. The molecule has 0 spiro atoms. The fraction of sp³-hybridized carbons (Fsp3) is 0.320. The number of rotatable bonds is 6. The monoisotopic (exact) mass is 372 g/mol. The minimum Gasteiger partial charge on any atom is -0.347 e. The van der Waals surface area contributed by atoms with E-state index in [1.807, 2.05) is 24.4 Å². The van der Waals surface area contributed by atoms with Crippen molar-refractivity contribution in [3.05, 3.63) is 84.1 Å². The summed E-state index contributed by atoms with van der Waals surface area (Å²) in [5.41, 5.74) is 3.32. The van der Waals surface area contributed by atoms with E-state index in [1.165, 1.54) is 5.56 Å². The quantitative estimate of drug-likeness (QED) is 0.433. The van der Waals surface area contributed by atoms with Crippen molar-refractivity contribution in [3.63, 3.8) is 0 Å². The summed E-state index contributed by atoms with van der Waals surface area (Å²) in [4.78, 5) is 15.3. The lowest BCUT2D eigenvalue weighted by Gasteiger charge is -2.30. The second-order valence-corrected chi connectivity index (χ2v) is 7.67. The van der Waals surface area contributed by atoms with Crippen molar-refractivity contribution >= 4 is 16.7 Å². The van der Waals surface area contributed by atoms with Gasteiger partial charge in [-0.15, -0.1) is 0 Å². The van der Waals surface area contributed by atoms with Crippen LogP contribution in [0.2, 0.25) is 0 Å². The van der Waals surface area contributed by atoms with Crippen LogP contribution in [-0.2, 0) is 13.1 Å². The van der Waals surface area contributed by atoms with Crippen LogP contribution < -0.4 is 0 Å². The molecule has 0 radical (unpaired) electrons. The lowest BCUT2D eigenvalue weighted by Crippen LogP contribution is -2.32. The van der Waals surface area contributed by atoms with Crippen molar-refractivity contribution in [1.82, 2.24) is 9.47 Å². The molecule has 2 heterocycles. The number of nitrogens with zero attached hydrogens (tertiary/aromatic N) is 2. The number of allylic oxidation sites excluding steroid dienone is 2. The molecule has 1 aliphatic heterocycles. The van der Waals surface area contributed by atoms with E-state index >= 15 is 0 Å². The van der Waals surface area contributed by atoms with Gasteiger partial charge in [0.1, 0.15) is 0 Å². The smallest absolute Gasteiger partial charge is 0.187 e. The summed E-state index contributed by atoms with van der Waals surface area (Å²) in [5.74, 6) is 0.616. The summed E-state index contributed by atoms with van der Waals surface area (Å²) in [7, 11) is 0. The molecular weight excluding hydrogens is 344 g/mol. The molecule has 1 aromatic heterocycles. The third kappa shape index (κ3) is 4.10. The first-order valence-electron chi connectivity index (χ1n) is 10.3. The summed E-state index contributed by atoms with van der Waals surface area (Å²) in [6, 6.07) is 18.8. The van der Waals surface area contributed by atoms with Crippen LogP contribution in [0.3, 0.4) is 0 Å². The predicted molar refractivity (Wildman–Crippen MR) is 116 cm³/mol. The highest BCUT2D eigenvalue weighted by Gasteiger charge is 2.18. The topological polar surface area (TPSA) is 25.2 Å². The lowest BCUT2D eigenvalue weighted by molar-refractivity contribution is 0.104. The van der Waals surface area contributed by atoms with Crippen LogP contribution >= 0.6 is 0 Å². The molecule has 3 heteroatoms. The molecule has 1 aliphatic rings. The molecule has 0 unspecified atom stereocenters. The Balaban J connectivity index is 1.37. The van der Waals surface area contributed by atoms with Crippen LogP contribution in [0.15, 0.2) is 72.9 Å². The molecule has 0 aliphatic carbocycles. The average molecular weight is 373 g/mol. The number of aryl methyl sites for hydroxylation is 1. The van der Waals surface area contributed by atoms with Gasteiger partial charge < -0.3 is 4.57 Å². The second kappa shape index (κ2) is 8.57. The lowest BCUT2D eigenvalue weighted by atomic mass is 9.95. The van der Waals surface area contributed by atoms with E-state index in [0.717, 1.165) is 55.5 Å². The molecule has 0 amide bonds. The first kappa shape index (κ1) is 18.7. The van der Waals surface area contributed by atoms with Crippen molar-refractivity contribution in [2.45, 2.75) is 32.9 Å². The maximum absolute atomic E-state index is 12.8. The molecule has 3 nitrogen and oxygen atoms in total. The zero-order valence-corrected chi connectivity index (χ0v) is 16.6. The van der Waals surface area contributed by atoms with E-state index in [1.54, 1.807) is 6.08 Å². The van der Waals surface area contributed by atoms with Crippen molar-refractivity contribution in [2.24, 2.45) is 5.92 Å². The van der Waals surface area contributed by atoms with Gasteiger partial charge in [0.15, 0.2) is 5.78 Å². The first-order valence-corrected chi connectivity index (χ1v) is 10.3. The first-order chi connectivity index (χ1) is 13.7. The Kier molecular flexibility index (Phi) is 5.73. The highest BCUT2D eigenvalue weighted by atomic mass is 16.1. The summed E-state index contributed by atoms with van der Waals surface area (Å²) < 4.78 is 2.15. The highest BCUT2D eigenvalue weighted by molar-refractivity contribution is 6.13. The maximum atomic E-state index is 12.8. The summed E-state index contributed by atoms with van der Waals surface area (Å²) in [6.45, 7) is 6.18. The minimum absolute atomic E-state index is 0.120. The number of ketones is 1. The van der Waals surface area contributed by atoms with Crippen LogP contribution in [-0.4, -0.2) is 28.3 Å². The fourth-order valence-corrected chi connectivity index (χ4v) is 4.16. The second-order valence-electron chi connectivity index (χ2n) is 7.67. The van der Waals surface area contributed by atoms with Gasteiger partial charge in [-0.25, -0.2) is 0 Å². The zero-order chi connectivity index (χ0) is 19.3. The Morgan fingerprint density at radius 1 is 1.04 bits per heavy atom. The third-order valence-corrected chi connectivity index (χ3v) is 5.80. The molecule has 4 rings (SSSR count). The molecule has 0 atom stereocenters. The van der Waals surface area contributed by atoms with Gasteiger partial charge in [0.25, 0.3) is 0 Å². The Bertz CT molecular complexity index is 963. The van der Waals surface area contributed by atoms with Gasteiger partial charge in [-0.05, 0) is 56.5 Å². The van der Waals surface area contributed by atoms with Crippen LogP contribution in [0.5, 0.6) is 0 Å². The molecule has 3 aromatic rings. The molecule has 2 aromatic carbocycles. The number of hydrogen-bond donors (Lipinski definition) is 0. The van der Waals surface area contributed by atoms with Gasteiger partial charge in [0.05, 0.1) is 0 Å². The number of benzene rings is 2. The Labute approximate surface area is 167 Å². The molecule has 0 N–H and O–H groups in total. The molecule has 0 saturated carbocycles. The van der Waals surface area contributed by atoms with Gasteiger partial charge in [0, 0.05) is 35.8 Å². The summed E-state index contributed by atoms with van der Waals surface area (Å²) >= 11 is 0. The number of fused-ring (bicyclic) bond motifs is 1. The minimum atomic E-state index is 0.120. The van der Waals surface area contributed by atoms with Crippen molar-refractivity contribution in [2.75, 3.05) is 13.1 Å². The van der Waals surface area contributed by atoms with E-state index < -0.39 is 0 Å². The predicted octanol–water partition coefficient (Wildman–Crippen LogP) is 5.31. The average Bonchev–Trinajstić information content (AvgIpc) is 3.13. The normalized spacial score (nSPS) is 16.2. The van der Waals surface area contributed by atoms with E-state index in [-0.39, 0.29) is 5.78 Å². The van der Waals surface area contributed by atoms with Gasteiger partial charge in [-0.3, -0.25) is 9.69 Å². The van der Waals surface area contributed by atoms with Crippen LogP contribution in [0.25, 0.3) is 10.9 Å². The molecule has 1 fully saturated rings. The van der Waals surface area contributed by atoms with Crippen LogP contribution in [0.1, 0.15) is 35.7 Å². The fourth-order valence-electron chi connectivity index (χ4n) is 4.16. The number of para-hydroxylation sites is 1. The van der Waals surface area contributed by atoms with E-state index in [4.69, 9.17) is 0 Å². The SMILES string of the molecule is CCn1cc(C(=O)C=CC2CCN(Cc3ccccc3)CC2)c2ccccc21. The largest absolute Gasteiger partial charge is 0.347 e. The molecule has 28 heavy (non-hydrogen) atoms. The number of hydrogen-bond acceptors (Lipinski definition) is 2. The zero-order valence-electron chi connectivity index (χ0n) is 16.6. The van der Waals surface area contributed by atoms with Crippen molar-refractivity contribution < 1.29 is 4.79 Å². The summed E-state index contributed by atoms with van der Waals surface area (Å²) in [6.07, 6.45) is 8.18. The molecule has 144 valence electrons. The van der Waals surface area contributed by atoms with Gasteiger partial charge in [0.2, 0.25) is 0 Å². The van der Waals surface area contributed by atoms with Crippen LogP contribution in [0, 0.1) is 5.92 Å². The Hall–Kier alpha value is -2.65. The van der Waals surface area contributed by atoms with E-state index in [0.29, 0.717) is 5.92 Å². The summed E-state index contributed by atoms with van der Waals surface area (Å²) in [5, 5.41) is 1.05. The molecule has 1 saturated heterocycles. The third-order valence-electron chi connectivity index (χ3n) is 5.80. The van der Waals surface area contributed by atoms with Crippen molar-refractivity contribution in [1.29, 1.82) is 0 Å². The van der Waals surface area contributed by atoms with Gasteiger partial charge in [-0.1, -0.05) is 54.6 Å². The Morgan fingerprint density at radius 3 is 2.50 bits per heavy atom. The number of likely N-dealkylation sites (tertiary alicyclic amines) is 1. The van der Waals surface area contributed by atoms with E-state index in [2.05, 4.69) is 58.9 Å². The maximum Gasteiger partial charge on any atom is 0.187 e.